The van der Waals surface area contributed by atoms with Gasteiger partial charge in [0, 0.05) is 5.56 Å². The first-order valence-corrected chi connectivity index (χ1v) is 9.27. The van der Waals surface area contributed by atoms with E-state index in [1.165, 1.54) is 12.1 Å². The number of carbonyl (C=O) groups is 1. The van der Waals surface area contributed by atoms with Crippen LogP contribution < -0.4 is 5.32 Å². The molecule has 28 heavy (non-hydrogen) atoms. The molecule has 0 aliphatic carbocycles. The van der Waals surface area contributed by atoms with Crippen LogP contribution in [0, 0.1) is 0 Å². The van der Waals surface area contributed by atoms with E-state index in [0.29, 0.717) is 6.07 Å². The molecular weight excluding hydrogens is 403 g/mol. The largest absolute Gasteiger partial charge is 0.416 e. The standard InChI is InChI=1S/C18H13F5N2O2S/c19-18(20,21)13-8-4-7-12(9-13)15-14(10-26)24-17(28(15,22)23)25-16(27)11-5-2-1-3-6-11/h1-9,26H,10H2,(H,24,25,27). The Morgan fingerprint density at radius 1 is 1.07 bits per heavy atom. The molecule has 1 aliphatic heterocycles. The van der Waals surface area contributed by atoms with Crippen LogP contribution in [-0.2, 0) is 6.18 Å². The maximum absolute atomic E-state index is 15.0. The van der Waals surface area contributed by atoms with Gasteiger partial charge in [-0.25, -0.2) is 4.99 Å². The number of nitrogens with zero attached hydrogens (tertiary/aromatic N) is 1. The number of amidine groups is 1. The molecule has 0 radical (unpaired) electrons. The predicted octanol–water partition coefficient (Wildman–Crippen LogP) is 4.74. The SMILES string of the molecule is O=C(NC1=NC(CO)=C(c2cccc(C(F)(F)F)c2)S1(F)F)c1ccccc1. The molecule has 0 fully saturated rings. The van der Waals surface area contributed by atoms with Crippen LogP contribution >= 0.6 is 10.8 Å². The molecule has 2 N–H and O–H groups in total. The number of hydrogen-bond acceptors (Lipinski definition) is 3. The fourth-order valence-corrected chi connectivity index (χ4v) is 4.05. The van der Waals surface area contributed by atoms with Crippen LogP contribution in [0.5, 0.6) is 0 Å². The fraction of sp³-hybridized carbons (Fsp3) is 0.111. The number of alkyl halides is 3. The van der Waals surface area contributed by atoms with Crippen molar-refractivity contribution in [3.63, 3.8) is 0 Å². The lowest BCUT2D eigenvalue weighted by Gasteiger charge is -2.22. The second kappa shape index (κ2) is 7.36. The molecule has 0 unspecified atom stereocenters. The Balaban J connectivity index is 1.95. The van der Waals surface area contributed by atoms with Crippen molar-refractivity contribution < 1.29 is 30.8 Å². The maximum Gasteiger partial charge on any atom is 0.416 e. The van der Waals surface area contributed by atoms with E-state index < -0.39 is 56.4 Å². The average molecular weight is 416 g/mol. The first-order chi connectivity index (χ1) is 13.1. The highest BCUT2D eigenvalue weighted by Gasteiger charge is 2.44. The Bertz CT molecular complexity index is 971. The van der Waals surface area contributed by atoms with E-state index in [9.17, 15) is 30.8 Å². The van der Waals surface area contributed by atoms with Crippen LogP contribution in [0.15, 0.2) is 65.3 Å². The molecule has 2 aromatic rings. The van der Waals surface area contributed by atoms with E-state index in [4.69, 9.17) is 0 Å². The second-order valence-corrected chi connectivity index (χ2v) is 7.45. The number of amides is 1. The van der Waals surface area contributed by atoms with Crippen LogP contribution in [0.2, 0.25) is 0 Å². The highest BCUT2D eigenvalue weighted by molar-refractivity contribution is 8.44. The van der Waals surface area contributed by atoms with Gasteiger partial charge in [-0.05, 0) is 29.8 Å². The zero-order chi connectivity index (χ0) is 20.5. The molecule has 0 bridgehead atoms. The van der Waals surface area contributed by atoms with Gasteiger partial charge in [0.15, 0.2) is 0 Å². The van der Waals surface area contributed by atoms with Gasteiger partial charge in [-0.3, -0.25) is 10.1 Å². The number of carbonyl (C=O) groups excluding carboxylic acids is 1. The summed E-state index contributed by atoms with van der Waals surface area (Å²) in [6, 6.07) is 11.0. The Labute approximate surface area is 158 Å². The third-order valence-corrected chi connectivity index (χ3v) is 5.52. The molecule has 1 aliphatic rings. The van der Waals surface area contributed by atoms with Gasteiger partial charge in [0.1, 0.15) is 10.8 Å². The smallest absolute Gasteiger partial charge is 0.390 e. The summed E-state index contributed by atoms with van der Waals surface area (Å²) in [6.07, 6.45) is -4.72. The van der Waals surface area contributed by atoms with Gasteiger partial charge >= 0.3 is 6.18 Å². The van der Waals surface area contributed by atoms with Gasteiger partial charge in [-0.2, -0.15) is 13.2 Å². The van der Waals surface area contributed by atoms with Gasteiger partial charge < -0.3 is 5.11 Å². The average Bonchev–Trinajstić information content (AvgIpc) is 2.91. The Hall–Kier alpha value is -2.72. The molecular formula is C18H13F5N2O2S. The fourth-order valence-electron chi connectivity index (χ4n) is 2.58. The van der Waals surface area contributed by atoms with Crippen molar-refractivity contribution in [2.24, 2.45) is 4.99 Å². The van der Waals surface area contributed by atoms with Gasteiger partial charge in [-0.15, -0.1) is 7.77 Å². The van der Waals surface area contributed by atoms with Gasteiger partial charge in [0.2, 0.25) is 5.17 Å². The molecule has 0 saturated heterocycles. The minimum absolute atomic E-state index is 0.110. The first kappa shape index (κ1) is 20.0. The minimum atomic E-state index is -4.94. The van der Waals surface area contributed by atoms with E-state index in [0.717, 1.165) is 18.2 Å². The number of aliphatic hydroxyl groups excluding tert-OH is 1. The topological polar surface area (TPSA) is 61.7 Å². The van der Waals surface area contributed by atoms with Crippen molar-refractivity contribution in [1.29, 1.82) is 0 Å². The molecule has 2 aromatic carbocycles. The van der Waals surface area contributed by atoms with Gasteiger partial charge in [0.25, 0.3) is 5.91 Å². The van der Waals surface area contributed by atoms with Crippen LogP contribution in [-0.4, -0.2) is 22.8 Å². The van der Waals surface area contributed by atoms with Crippen molar-refractivity contribution in [2.45, 2.75) is 6.18 Å². The summed E-state index contributed by atoms with van der Waals surface area (Å²) in [4.78, 5) is 15.0. The molecule has 0 atom stereocenters. The number of aliphatic imine (C=N–C) groups is 1. The molecule has 148 valence electrons. The highest BCUT2D eigenvalue weighted by Crippen LogP contribution is 2.67. The van der Waals surface area contributed by atoms with E-state index in [1.54, 1.807) is 18.2 Å². The molecule has 0 saturated carbocycles. The zero-order valence-corrected chi connectivity index (χ0v) is 14.8. The maximum atomic E-state index is 15.0. The van der Waals surface area contributed by atoms with Crippen LogP contribution in [0.3, 0.4) is 0 Å². The number of nitrogens with one attached hydrogen (secondary N) is 1. The lowest BCUT2D eigenvalue weighted by atomic mass is 10.1. The Morgan fingerprint density at radius 2 is 1.75 bits per heavy atom. The van der Waals surface area contributed by atoms with E-state index >= 15 is 0 Å². The molecule has 1 amide bonds. The molecule has 0 aromatic heterocycles. The first-order valence-electron chi connectivity index (χ1n) is 7.84. The van der Waals surface area contributed by atoms with Crippen LogP contribution in [0.25, 0.3) is 4.91 Å². The van der Waals surface area contributed by atoms with Crippen LogP contribution in [0.1, 0.15) is 21.5 Å². The van der Waals surface area contributed by atoms with E-state index in [2.05, 4.69) is 4.99 Å². The number of benzene rings is 2. The second-order valence-electron chi connectivity index (χ2n) is 5.72. The quantitative estimate of drug-likeness (QED) is 0.710. The third-order valence-electron chi connectivity index (χ3n) is 3.86. The number of halogens is 5. The molecule has 4 nitrogen and oxygen atoms in total. The summed E-state index contributed by atoms with van der Waals surface area (Å²) in [5.41, 5.74) is -1.89. The molecule has 3 rings (SSSR count). The number of hydrogen-bond donors (Lipinski definition) is 2. The van der Waals surface area contributed by atoms with E-state index in [-0.39, 0.29) is 5.56 Å². The van der Waals surface area contributed by atoms with Gasteiger partial charge in [-0.1, -0.05) is 30.3 Å². The van der Waals surface area contributed by atoms with Crippen molar-refractivity contribution in [2.75, 3.05) is 6.61 Å². The van der Waals surface area contributed by atoms with Crippen LogP contribution in [0.4, 0.5) is 20.9 Å². The monoisotopic (exact) mass is 416 g/mol. The minimum Gasteiger partial charge on any atom is -0.390 e. The lowest BCUT2D eigenvalue weighted by Crippen LogP contribution is -2.30. The lowest BCUT2D eigenvalue weighted by molar-refractivity contribution is -0.137. The highest BCUT2D eigenvalue weighted by atomic mass is 32.3. The summed E-state index contributed by atoms with van der Waals surface area (Å²) in [7, 11) is -4.94. The normalized spacial score (nSPS) is 17.3. The third kappa shape index (κ3) is 3.78. The molecule has 10 heteroatoms. The summed E-state index contributed by atoms with van der Waals surface area (Å²) in [6.45, 7) is -0.918. The van der Waals surface area contributed by atoms with Crippen molar-refractivity contribution >= 4 is 26.8 Å². The number of rotatable bonds is 3. The summed E-state index contributed by atoms with van der Waals surface area (Å²) < 4.78 is 68.8. The Morgan fingerprint density at radius 3 is 2.36 bits per heavy atom. The van der Waals surface area contributed by atoms with E-state index in [1.807, 2.05) is 5.32 Å². The van der Waals surface area contributed by atoms with Crippen molar-refractivity contribution in [3.8, 4) is 0 Å². The van der Waals surface area contributed by atoms with Crippen molar-refractivity contribution in [3.05, 3.63) is 77.0 Å². The summed E-state index contributed by atoms with van der Waals surface area (Å²) in [5.74, 6) is -0.839. The van der Waals surface area contributed by atoms with Crippen molar-refractivity contribution in [1.82, 2.24) is 5.32 Å². The van der Waals surface area contributed by atoms with Gasteiger partial charge in [0.05, 0.1) is 22.8 Å². The summed E-state index contributed by atoms with van der Waals surface area (Å²) in [5, 5.41) is 10.5. The summed E-state index contributed by atoms with van der Waals surface area (Å²) >= 11 is 0. The molecule has 1 heterocycles. The zero-order valence-electron chi connectivity index (χ0n) is 14.0. The molecule has 0 spiro atoms. The predicted molar refractivity (Wildman–Crippen MR) is 96.6 cm³/mol. The Kier molecular flexibility index (Phi) is 5.26. The number of aliphatic hydroxyl groups is 1.